The molecule has 0 aromatic heterocycles. The van der Waals surface area contributed by atoms with Crippen LogP contribution in [0.15, 0.2) is 24.3 Å². The maximum Gasteiger partial charge on any atom is 0.0475 e. The Balaban J connectivity index is 0.000000457. The molecule has 2 heteroatoms. The lowest BCUT2D eigenvalue weighted by atomic mass is 9.76. The van der Waals surface area contributed by atoms with E-state index in [9.17, 15) is 0 Å². The van der Waals surface area contributed by atoms with Crippen LogP contribution in [0.4, 0.5) is 5.69 Å². The van der Waals surface area contributed by atoms with Gasteiger partial charge in [0.2, 0.25) is 0 Å². The van der Waals surface area contributed by atoms with Crippen LogP contribution in [0.25, 0.3) is 0 Å². The van der Waals surface area contributed by atoms with Gasteiger partial charge in [0.15, 0.2) is 0 Å². The summed E-state index contributed by atoms with van der Waals surface area (Å²) < 4.78 is 5.44. The van der Waals surface area contributed by atoms with E-state index in [1.165, 1.54) is 11.3 Å². The fraction of sp³-hybridized carbons (Fsp3) is 0.571. The third-order valence-corrected chi connectivity index (χ3v) is 3.57. The number of nitrogens with one attached hydrogen (secondary N) is 1. The van der Waals surface area contributed by atoms with Crippen LogP contribution in [0.1, 0.15) is 32.3 Å². The number of ether oxygens (including phenoxy) is 1. The van der Waals surface area contributed by atoms with Crippen LogP contribution in [0.2, 0.25) is 0 Å². The molecule has 0 amide bonds. The lowest BCUT2D eigenvalue weighted by molar-refractivity contribution is 0.0567. The van der Waals surface area contributed by atoms with Gasteiger partial charge >= 0.3 is 0 Å². The SMILES string of the molecule is CC.c1ccc2c(c1)NCC21CCOCC1. The zero-order valence-corrected chi connectivity index (χ0v) is 10.3. The first-order valence-corrected chi connectivity index (χ1v) is 6.32. The average molecular weight is 219 g/mol. The average Bonchev–Trinajstić information content (AvgIpc) is 2.73. The van der Waals surface area contributed by atoms with Gasteiger partial charge in [-0.2, -0.15) is 0 Å². The lowest BCUT2D eigenvalue weighted by Crippen LogP contribution is -2.35. The number of rotatable bonds is 0. The van der Waals surface area contributed by atoms with Crippen LogP contribution in [0, 0.1) is 0 Å². The van der Waals surface area contributed by atoms with E-state index < -0.39 is 0 Å². The van der Waals surface area contributed by atoms with E-state index in [2.05, 4.69) is 29.6 Å². The molecule has 88 valence electrons. The highest BCUT2D eigenvalue weighted by Gasteiger charge is 2.39. The van der Waals surface area contributed by atoms with Crippen molar-refractivity contribution in [3.8, 4) is 0 Å². The van der Waals surface area contributed by atoms with Crippen molar-refractivity contribution in [3.05, 3.63) is 29.8 Å². The number of benzene rings is 1. The number of hydrogen-bond acceptors (Lipinski definition) is 2. The van der Waals surface area contributed by atoms with Gasteiger partial charge in [-0.25, -0.2) is 0 Å². The number of fused-ring (bicyclic) bond motifs is 2. The quantitative estimate of drug-likeness (QED) is 0.723. The smallest absolute Gasteiger partial charge is 0.0475 e. The van der Waals surface area contributed by atoms with Gasteiger partial charge in [0.1, 0.15) is 0 Å². The minimum absolute atomic E-state index is 0.370. The van der Waals surface area contributed by atoms with Crippen LogP contribution >= 0.6 is 0 Å². The summed E-state index contributed by atoms with van der Waals surface area (Å²) in [5.41, 5.74) is 3.20. The van der Waals surface area contributed by atoms with Gasteiger partial charge in [0, 0.05) is 30.9 Å². The van der Waals surface area contributed by atoms with Crippen molar-refractivity contribution in [1.82, 2.24) is 0 Å². The molecule has 1 saturated heterocycles. The summed E-state index contributed by atoms with van der Waals surface area (Å²) in [6.45, 7) is 6.92. The van der Waals surface area contributed by atoms with E-state index in [1.54, 1.807) is 0 Å². The summed E-state index contributed by atoms with van der Waals surface area (Å²) in [7, 11) is 0. The van der Waals surface area contributed by atoms with E-state index in [-0.39, 0.29) is 0 Å². The second kappa shape index (κ2) is 4.88. The fourth-order valence-electron chi connectivity index (χ4n) is 2.67. The molecule has 3 rings (SSSR count). The molecule has 0 bridgehead atoms. The maximum atomic E-state index is 5.44. The second-order valence-electron chi connectivity index (χ2n) is 4.29. The fourth-order valence-corrected chi connectivity index (χ4v) is 2.67. The molecule has 2 aliphatic heterocycles. The predicted molar refractivity (Wildman–Crippen MR) is 68.0 cm³/mol. The van der Waals surface area contributed by atoms with Crippen molar-refractivity contribution in [3.63, 3.8) is 0 Å². The van der Waals surface area contributed by atoms with Gasteiger partial charge in [-0.15, -0.1) is 0 Å². The molecule has 0 atom stereocenters. The Bertz CT molecular complexity index is 337. The standard InChI is InChI=1S/C12H15NO.C2H6/c1-2-4-11-10(3-1)12(9-13-11)5-7-14-8-6-12;1-2/h1-4,13H,5-9H2;1-2H3. The Morgan fingerprint density at radius 3 is 2.56 bits per heavy atom. The monoisotopic (exact) mass is 219 g/mol. The molecule has 0 radical (unpaired) electrons. The normalized spacial score (nSPS) is 20.6. The Hall–Kier alpha value is -1.02. The predicted octanol–water partition coefficient (Wildman–Crippen LogP) is 3.19. The summed E-state index contributed by atoms with van der Waals surface area (Å²) in [5.74, 6) is 0. The Kier molecular flexibility index (Phi) is 3.49. The molecule has 1 fully saturated rings. The van der Waals surface area contributed by atoms with E-state index in [1.807, 2.05) is 13.8 Å². The molecule has 2 heterocycles. The van der Waals surface area contributed by atoms with E-state index >= 15 is 0 Å². The first kappa shape index (κ1) is 11.5. The Labute approximate surface area is 98.0 Å². The molecule has 1 N–H and O–H groups in total. The van der Waals surface area contributed by atoms with Crippen molar-refractivity contribution >= 4 is 5.69 Å². The largest absolute Gasteiger partial charge is 0.384 e. The zero-order chi connectivity index (χ0) is 11.4. The van der Waals surface area contributed by atoms with Crippen LogP contribution in [-0.2, 0) is 10.2 Å². The molecule has 1 spiro atoms. The summed E-state index contributed by atoms with van der Waals surface area (Å²) in [6, 6.07) is 8.69. The van der Waals surface area contributed by atoms with Crippen LogP contribution in [-0.4, -0.2) is 19.8 Å². The van der Waals surface area contributed by atoms with Gasteiger partial charge in [-0.3, -0.25) is 0 Å². The van der Waals surface area contributed by atoms with E-state index in [0.29, 0.717) is 5.41 Å². The summed E-state index contributed by atoms with van der Waals surface area (Å²) in [6.07, 6.45) is 2.33. The Morgan fingerprint density at radius 2 is 1.81 bits per heavy atom. The van der Waals surface area contributed by atoms with Gasteiger partial charge in [-0.05, 0) is 24.5 Å². The minimum Gasteiger partial charge on any atom is -0.384 e. The van der Waals surface area contributed by atoms with Crippen molar-refractivity contribution < 1.29 is 4.74 Å². The Morgan fingerprint density at radius 1 is 1.12 bits per heavy atom. The summed E-state index contributed by atoms with van der Waals surface area (Å²) >= 11 is 0. The van der Waals surface area contributed by atoms with Gasteiger partial charge < -0.3 is 10.1 Å². The topological polar surface area (TPSA) is 21.3 Å². The van der Waals surface area contributed by atoms with Crippen molar-refractivity contribution in [1.29, 1.82) is 0 Å². The molecule has 2 nitrogen and oxygen atoms in total. The third-order valence-electron chi connectivity index (χ3n) is 3.57. The molecule has 0 aliphatic carbocycles. The minimum atomic E-state index is 0.370. The van der Waals surface area contributed by atoms with Gasteiger partial charge in [-0.1, -0.05) is 32.0 Å². The summed E-state index contributed by atoms with van der Waals surface area (Å²) in [4.78, 5) is 0. The molecular weight excluding hydrogens is 198 g/mol. The van der Waals surface area contributed by atoms with Gasteiger partial charge in [0.25, 0.3) is 0 Å². The third kappa shape index (κ3) is 1.82. The maximum absolute atomic E-state index is 5.44. The second-order valence-corrected chi connectivity index (χ2v) is 4.29. The molecule has 2 aliphatic rings. The van der Waals surface area contributed by atoms with Crippen molar-refractivity contribution in [2.45, 2.75) is 32.1 Å². The highest BCUT2D eigenvalue weighted by Crippen LogP contribution is 2.43. The number of hydrogen-bond donors (Lipinski definition) is 1. The molecule has 0 saturated carbocycles. The van der Waals surface area contributed by atoms with Gasteiger partial charge in [0.05, 0.1) is 0 Å². The zero-order valence-electron chi connectivity index (χ0n) is 10.3. The first-order valence-electron chi connectivity index (χ1n) is 6.32. The van der Waals surface area contributed by atoms with Crippen LogP contribution in [0.3, 0.4) is 0 Å². The van der Waals surface area contributed by atoms with Crippen molar-refractivity contribution in [2.24, 2.45) is 0 Å². The molecule has 1 aromatic rings. The number of anilines is 1. The van der Waals surface area contributed by atoms with Crippen LogP contribution in [0.5, 0.6) is 0 Å². The highest BCUT2D eigenvalue weighted by molar-refractivity contribution is 5.60. The summed E-state index contributed by atoms with van der Waals surface area (Å²) in [5, 5.41) is 3.51. The lowest BCUT2D eigenvalue weighted by Gasteiger charge is -2.33. The first-order chi connectivity index (χ1) is 7.91. The molecule has 16 heavy (non-hydrogen) atoms. The van der Waals surface area contributed by atoms with Crippen LogP contribution < -0.4 is 5.32 Å². The molecule has 1 aromatic carbocycles. The molecule has 0 unspecified atom stereocenters. The number of para-hydroxylation sites is 1. The molecular formula is C14H21NO. The van der Waals surface area contributed by atoms with Crippen molar-refractivity contribution in [2.75, 3.05) is 25.1 Å². The highest BCUT2D eigenvalue weighted by atomic mass is 16.5. The van der Waals surface area contributed by atoms with E-state index in [4.69, 9.17) is 4.74 Å². The van der Waals surface area contributed by atoms with E-state index in [0.717, 1.165) is 32.6 Å².